The van der Waals surface area contributed by atoms with Gasteiger partial charge in [0.15, 0.2) is 5.13 Å². The lowest BCUT2D eigenvalue weighted by molar-refractivity contribution is -0.115. The van der Waals surface area contributed by atoms with Crippen LogP contribution in [0.25, 0.3) is 0 Å². The Morgan fingerprint density at radius 3 is 2.74 bits per heavy atom. The van der Waals surface area contributed by atoms with E-state index in [0.717, 1.165) is 17.1 Å². The molecular formula is C16H15N3O2S2. The number of oxazole rings is 1. The van der Waals surface area contributed by atoms with Gasteiger partial charge in [0.2, 0.25) is 5.91 Å². The Balaban J connectivity index is 1.75. The van der Waals surface area contributed by atoms with Crippen LogP contribution in [0, 0.1) is 6.92 Å². The monoisotopic (exact) mass is 345 g/mol. The number of rotatable bonds is 5. The van der Waals surface area contributed by atoms with Crippen molar-refractivity contribution in [3.8, 4) is 0 Å². The first-order chi connectivity index (χ1) is 11.1. The topological polar surface area (TPSA) is 59.2 Å². The van der Waals surface area contributed by atoms with Crippen LogP contribution in [0.5, 0.6) is 0 Å². The van der Waals surface area contributed by atoms with Gasteiger partial charge in [0.05, 0.1) is 17.1 Å². The van der Waals surface area contributed by atoms with E-state index in [0.29, 0.717) is 16.1 Å². The zero-order chi connectivity index (χ0) is 16.2. The van der Waals surface area contributed by atoms with Crippen LogP contribution in [0.3, 0.4) is 0 Å². The number of amides is 1. The molecule has 2 aromatic heterocycles. The summed E-state index contributed by atoms with van der Waals surface area (Å²) in [6.45, 7) is 3.43. The molecule has 0 saturated carbocycles. The summed E-state index contributed by atoms with van der Waals surface area (Å²) in [4.78, 5) is 22.4. The third-order valence-corrected chi connectivity index (χ3v) is 4.75. The number of nitrogens with zero attached hydrogens (tertiary/aromatic N) is 3. The summed E-state index contributed by atoms with van der Waals surface area (Å²) in [6.07, 6.45) is 1.63. The summed E-state index contributed by atoms with van der Waals surface area (Å²) in [5.41, 5.74) is 2.57. The second kappa shape index (κ2) is 6.97. The molecule has 0 spiro atoms. The van der Waals surface area contributed by atoms with Crippen molar-refractivity contribution in [2.24, 2.45) is 0 Å². The molecule has 0 radical (unpaired) electrons. The fourth-order valence-electron chi connectivity index (χ4n) is 2.00. The molecule has 1 amide bonds. The van der Waals surface area contributed by atoms with E-state index < -0.39 is 0 Å². The zero-order valence-corrected chi connectivity index (χ0v) is 14.4. The molecule has 0 unspecified atom stereocenters. The summed E-state index contributed by atoms with van der Waals surface area (Å²) < 4.78 is 5.31. The second-order valence-electron chi connectivity index (χ2n) is 4.85. The maximum Gasteiger partial charge on any atom is 0.256 e. The SMILES string of the molecule is CC(=O)N(c1ccccc1)c1nc(CSc2nc(C)co2)cs1. The van der Waals surface area contributed by atoms with E-state index in [1.807, 2.05) is 42.6 Å². The molecule has 5 nitrogen and oxygen atoms in total. The molecule has 0 aliphatic heterocycles. The number of carbonyl (C=O) groups excluding carboxylic acids is 1. The third-order valence-electron chi connectivity index (χ3n) is 3.00. The number of hydrogen-bond acceptors (Lipinski definition) is 6. The van der Waals surface area contributed by atoms with E-state index in [1.54, 1.807) is 18.1 Å². The molecule has 118 valence electrons. The number of aromatic nitrogens is 2. The predicted octanol–water partition coefficient (Wildman–Crippen LogP) is 4.42. The van der Waals surface area contributed by atoms with E-state index in [2.05, 4.69) is 9.97 Å². The Kier molecular flexibility index (Phi) is 4.78. The van der Waals surface area contributed by atoms with Crippen LogP contribution >= 0.6 is 23.1 Å². The highest BCUT2D eigenvalue weighted by molar-refractivity contribution is 7.98. The van der Waals surface area contributed by atoms with Gasteiger partial charge in [-0.05, 0) is 19.1 Å². The van der Waals surface area contributed by atoms with Crippen molar-refractivity contribution in [2.45, 2.75) is 24.8 Å². The Morgan fingerprint density at radius 2 is 2.09 bits per heavy atom. The van der Waals surface area contributed by atoms with E-state index >= 15 is 0 Å². The standard InChI is InChI=1S/C16H15N3O2S2/c1-11-8-21-16(17-11)23-10-13-9-22-15(18-13)19(12(2)20)14-6-4-3-5-7-14/h3-9H,10H2,1-2H3. The highest BCUT2D eigenvalue weighted by Gasteiger charge is 2.17. The molecule has 0 fully saturated rings. The number of aryl methyl sites for hydroxylation is 1. The smallest absolute Gasteiger partial charge is 0.256 e. The first-order valence-electron chi connectivity index (χ1n) is 6.98. The van der Waals surface area contributed by atoms with Crippen LogP contribution in [0.1, 0.15) is 18.3 Å². The molecule has 0 saturated heterocycles. The molecule has 1 aromatic carbocycles. The molecule has 0 N–H and O–H groups in total. The molecule has 0 atom stereocenters. The number of thioether (sulfide) groups is 1. The van der Waals surface area contributed by atoms with E-state index in [-0.39, 0.29) is 5.91 Å². The van der Waals surface area contributed by atoms with Crippen LogP contribution in [-0.2, 0) is 10.5 Å². The van der Waals surface area contributed by atoms with Gasteiger partial charge in [0.1, 0.15) is 6.26 Å². The average Bonchev–Trinajstić information content (AvgIpc) is 3.15. The molecule has 7 heteroatoms. The molecule has 23 heavy (non-hydrogen) atoms. The van der Waals surface area contributed by atoms with Crippen molar-refractivity contribution < 1.29 is 9.21 Å². The van der Waals surface area contributed by atoms with Crippen molar-refractivity contribution >= 4 is 39.8 Å². The van der Waals surface area contributed by atoms with Gasteiger partial charge in [-0.3, -0.25) is 9.69 Å². The molecule has 3 aromatic rings. The number of hydrogen-bond donors (Lipinski definition) is 0. The average molecular weight is 345 g/mol. The van der Waals surface area contributed by atoms with Gasteiger partial charge in [0.25, 0.3) is 5.22 Å². The minimum Gasteiger partial charge on any atom is -0.440 e. The van der Waals surface area contributed by atoms with Crippen molar-refractivity contribution in [1.82, 2.24) is 9.97 Å². The van der Waals surface area contributed by atoms with Crippen LogP contribution < -0.4 is 4.90 Å². The van der Waals surface area contributed by atoms with Crippen LogP contribution in [0.15, 0.2) is 51.6 Å². The maximum absolute atomic E-state index is 12.0. The summed E-state index contributed by atoms with van der Waals surface area (Å²) >= 11 is 2.94. The summed E-state index contributed by atoms with van der Waals surface area (Å²) in [6, 6.07) is 9.52. The zero-order valence-electron chi connectivity index (χ0n) is 12.7. The van der Waals surface area contributed by atoms with Crippen molar-refractivity contribution in [3.63, 3.8) is 0 Å². The quantitative estimate of drug-likeness (QED) is 0.641. The van der Waals surface area contributed by atoms with Gasteiger partial charge in [0, 0.05) is 18.1 Å². The first-order valence-corrected chi connectivity index (χ1v) is 8.85. The van der Waals surface area contributed by atoms with Gasteiger partial charge < -0.3 is 4.42 Å². The Bertz CT molecular complexity index is 799. The lowest BCUT2D eigenvalue weighted by Gasteiger charge is -2.17. The fourth-order valence-corrected chi connectivity index (χ4v) is 3.74. The van der Waals surface area contributed by atoms with Crippen molar-refractivity contribution in [1.29, 1.82) is 0 Å². The van der Waals surface area contributed by atoms with Crippen LogP contribution in [-0.4, -0.2) is 15.9 Å². The second-order valence-corrected chi connectivity index (χ2v) is 6.62. The lowest BCUT2D eigenvalue weighted by Crippen LogP contribution is -2.22. The van der Waals surface area contributed by atoms with Gasteiger partial charge in [-0.15, -0.1) is 11.3 Å². The predicted molar refractivity (Wildman–Crippen MR) is 92.2 cm³/mol. The third kappa shape index (κ3) is 3.80. The Hall–Kier alpha value is -2.12. The van der Waals surface area contributed by atoms with Crippen molar-refractivity contribution in [3.05, 3.63) is 53.4 Å². The Labute approximate surface area is 142 Å². The minimum atomic E-state index is -0.0620. The minimum absolute atomic E-state index is 0.0620. The highest BCUT2D eigenvalue weighted by Crippen LogP contribution is 2.30. The molecule has 0 aliphatic carbocycles. The lowest BCUT2D eigenvalue weighted by atomic mass is 10.3. The number of thiazole rings is 1. The summed E-state index contributed by atoms with van der Waals surface area (Å²) in [7, 11) is 0. The van der Waals surface area contributed by atoms with E-state index in [4.69, 9.17) is 4.42 Å². The van der Waals surface area contributed by atoms with Crippen LogP contribution in [0.2, 0.25) is 0 Å². The number of para-hydroxylation sites is 1. The van der Waals surface area contributed by atoms with Crippen LogP contribution in [0.4, 0.5) is 10.8 Å². The van der Waals surface area contributed by atoms with E-state index in [9.17, 15) is 4.79 Å². The Morgan fingerprint density at radius 1 is 1.30 bits per heavy atom. The molecule has 2 heterocycles. The summed E-state index contributed by atoms with van der Waals surface area (Å²) in [5.74, 6) is 0.588. The van der Waals surface area contributed by atoms with Gasteiger partial charge in [-0.2, -0.15) is 0 Å². The number of benzene rings is 1. The fraction of sp³-hybridized carbons (Fsp3) is 0.188. The number of anilines is 2. The highest BCUT2D eigenvalue weighted by atomic mass is 32.2. The summed E-state index contributed by atoms with van der Waals surface area (Å²) in [5, 5.41) is 3.25. The molecule has 0 aliphatic rings. The normalized spacial score (nSPS) is 10.7. The largest absolute Gasteiger partial charge is 0.440 e. The van der Waals surface area contributed by atoms with Gasteiger partial charge >= 0.3 is 0 Å². The number of carbonyl (C=O) groups is 1. The molecule has 3 rings (SSSR count). The molecular weight excluding hydrogens is 330 g/mol. The van der Waals surface area contributed by atoms with Crippen molar-refractivity contribution in [2.75, 3.05) is 4.90 Å². The van der Waals surface area contributed by atoms with Gasteiger partial charge in [-0.1, -0.05) is 30.0 Å². The maximum atomic E-state index is 12.0. The van der Waals surface area contributed by atoms with Gasteiger partial charge in [-0.25, -0.2) is 9.97 Å². The van der Waals surface area contributed by atoms with E-state index in [1.165, 1.54) is 23.1 Å². The molecule has 0 bridgehead atoms. The first kappa shape index (κ1) is 15.8.